The first-order valence-electron chi connectivity index (χ1n) is 8.38. The molecule has 3 aromatic rings. The maximum absolute atomic E-state index is 12.5. The molecule has 0 bridgehead atoms. The van der Waals surface area contributed by atoms with Gasteiger partial charge in [-0.3, -0.25) is 4.79 Å². The molecule has 3 aromatic carbocycles. The Balaban J connectivity index is 1.73. The van der Waals surface area contributed by atoms with Crippen molar-refractivity contribution in [3.63, 3.8) is 0 Å². The number of hydrogen-bond acceptors (Lipinski definition) is 1. The number of carbonyl (C=O) groups is 1. The van der Waals surface area contributed by atoms with E-state index in [9.17, 15) is 4.79 Å². The molecule has 0 heterocycles. The molecule has 2 aliphatic rings. The molecular formula is C22H18O. The van der Waals surface area contributed by atoms with Gasteiger partial charge >= 0.3 is 0 Å². The Bertz CT molecular complexity index is 906. The number of benzene rings is 3. The van der Waals surface area contributed by atoms with E-state index in [-0.39, 0.29) is 11.3 Å². The van der Waals surface area contributed by atoms with Crippen molar-refractivity contribution in [3.05, 3.63) is 83.9 Å². The lowest BCUT2D eigenvalue weighted by atomic mass is 9.85. The number of fused-ring (bicyclic) bond motifs is 2. The quantitative estimate of drug-likeness (QED) is 0.660. The Morgan fingerprint density at radius 2 is 1.52 bits per heavy atom. The maximum atomic E-state index is 12.5. The van der Waals surface area contributed by atoms with Gasteiger partial charge in [-0.25, -0.2) is 0 Å². The lowest BCUT2D eigenvalue weighted by Gasteiger charge is -2.18. The minimum Gasteiger partial charge on any atom is -0.299 e. The third-order valence-electron chi connectivity index (χ3n) is 5.92. The van der Waals surface area contributed by atoms with Crippen molar-refractivity contribution >= 4 is 16.6 Å². The van der Waals surface area contributed by atoms with Crippen LogP contribution in [0.2, 0.25) is 0 Å². The van der Waals surface area contributed by atoms with Gasteiger partial charge in [0.1, 0.15) is 5.78 Å². The molecule has 1 nitrogen and oxygen atoms in total. The molecule has 2 fully saturated rings. The Morgan fingerprint density at radius 3 is 2.39 bits per heavy atom. The summed E-state index contributed by atoms with van der Waals surface area (Å²) in [6.45, 7) is 0. The van der Waals surface area contributed by atoms with Crippen LogP contribution in [0.3, 0.4) is 0 Å². The van der Waals surface area contributed by atoms with Crippen LogP contribution in [0.25, 0.3) is 10.8 Å². The molecule has 0 aromatic heterocycles. The molecular weight excluding hydrogens is 280 g/mol. The summed E-state index contributed by atoms with van der Waals surface area (Å²) >= 11 is 0. The summed E-state index contributed by atoms with van der Waals surface area (Å²) in [5.41, 5.74) is 2.72. The van der Waals surface area contributed by atoms with Crippen LogP contribution in [0.4, 0.5) is 0 Å². The fourth-order valence-electron chi connectivity index (χ4n) is 4.96. The number of Topliss-reactive ketones (excluding diaryl/α,β-unsaturated/α-hetero) is 1. The lowest BCUT2D eigenvalue weighted by molar-refractivity contribution is -0.119. The summed E-state index contributed by atoms with van der Waals surface area (Å²) in [6, 6.07) is 25.7. The van der Waals surface area contributed by atoms with Gasteiger partial charge in [0.15, 0.2) is 0 Å². The van der Waals surface area contributed by atoms with E-state index in [0.29, 0.717) is 11.7 Å². The van der Waals surface area contributed by atoms with Crippen LogP contribution in [0.15, 0.2) is 72.8 Å². The standard InChI is InChI=1S/C22H18O/c23-19-13-14-22(20(21(19)22)16-8-2-1-3-9-16)18-12-6-10-15-7-4-5-11-17(15)18/h1-12,20-21H,13-14H2/t20-,21?,22-/m1/s1. The summed E-state index contributed by atoms with van der Waals surface area (Å²) in [7, 11) is 0. The van der Waals surface area contributed by atoms with Gasteiger partial charge in [-0.15, -0.1) is 0 Å². The zero-order valence-corrected chi connectivity index (χ0v) is 12.9. The molecule has 1 heteroatoms. The molecule has 5 rings (SSSR count). The predicted octanol–water partition coefficient (Wildman–Crippen LogP) is 4.85. The highest BCUT2D eigenvalue weighted by Crippen LogP contribution is 2.72. The van der Waals surface area contributed by atoms with Crippen molar-refractivity contribution in [1.29, 1.82) is 0 Å². The molecule has 23 heavy (non-hydrogen) atoms. The Kier molecular flexibility index (Phi) is 2.58. The molecule has 0 aliphatic heterocycles. The highest BCUT2D eigenvalue weighted by molar-refractivity contribution is 5.96. The monoisotopic (exact) mass is 298 g/mol. The first kappa shape index (κ1) is 13.1. The smallest absolute Gasteiger partial charge is 0.137 e. The number of ketones is 1. The highest BCUT2D eigenvalue weighted by Gasteiger charge is 2.71. The second kappa shape index (κ2) is 4.55. The van der Waals surface area contributed by atoms with Crippen molar-refractivity contribution in [1.82, 2.24) is 0 Å². The van der Waals surface area contributed by atoms with Gasteiger partial charge in [-0.05, 0) is 28.3 Å². The van der Waals surface area contributed by atoms with Gasteiger partial charge in [-0.2, -0.15) is 0 Å². The SMILES string of the molecule is O=C1CC[C@]2(c3cccc4ccccc34)C1[C@H]2c1ccccc1. The normalized spacial score (nSPS) is 28.8. The van der Waals surface area contributed by atoms with E-state index < -0.39 is 0 Å². The van der Waals surface area contributed by atoms with Crippen molar-refractivity contribution in [3.8, 4) is 0 Å². The minimum atomic E-state index is 0.0271. The topological polar surface area (TPSA) is 17.1 Å². The Morgan fingerprint density at radius 1 is 0.783 bits per heavy atom. The fraction of sp³-hybridized carbons (Fsp3) is 0.227. The molecule has 0 N–H and O–H groups in total. The number of carbonyl (C=O) groups excluding carboxylic acids is 1. The van der Waals surface area contributed by atoms with Crippen molar-refractivity contribution in [2.24, 2.45) is 5.92 Å². The van der Waals surface area contributed by atoms with Crippen LogP contribution in [0.5, 0.6) is 0 Å². The zero-order valence-electron chi connectivity index (χ0n) is 12.9. The lowest BCUT2D eigenvalue weighted by Crippen LogP contribution is -2.09. The molecule has 3 atom stereocenters. The third kappa shape index (κ3) is 1.65. The van der Waals surface area contributed by atoms with Gasteiger partial charge in [0.05, 0.1) is 0 Å². The fourth-order valence-corrected chi connectivity index (χ4v) is 4.96. The van der Waals surface area contributed by atoms with E-state index in [0.717, 1.165) is 12.8 Å². The van der Waals surface area contributed by atoms with Gasteiger partial charge in [0.25, 0.3) is 0 Å². The Hall–Kier alpha value is -2.41. The van der Waals surface area contributed by atoms with Crippen molar-refractivity contribution in [2.75, 3.05) is 0 Å². The summed E-state index contributed by atoms with van der Waals surface area (Å²) in [4.78, 5) is 12.5. The third-order valence-corrected chi connectivity index (χ3v) is 5.92. The summed E-state index contributed by atoms with van der Waals surface area (Å²) in [5.74, 6) is 0.984. The Labute approximate surface area is 136 Å². The molecule has 0 amide bonds. The van der Waals surface area contributed by atoms with Crippen LogP contribution < -0.4 is 0 Å². The second-order valence-corrected chi connectivity index (χ2v) is 6.90. The first-order valence-corrected chi connectivity index (χ1v) is 8.38. The maximum Gasteiger partial charge on any atom is 0.137 e. The van der Waals surface area contributed by atoms with E-state index >= 15 is 0 Å². The first-order chi connectivity index (χ1) is 11.3. The van der Waals surface area contributed by atoms with Crippen LogP contribution in [0.1, 0.15) is 29.9 Å². The zero-order chi connectivity index (χ0) is 15.4. The number of rotatable bonds is 2. The van der Waals surface area contributed by atoms with Crippen molar-refractivity contribution in [2.45, 2.75) is 24.2 Å². The minimum absolute atomic E-state index is 0.0271. The van der Waals surface area contributed by atoms with Crippen LogP contribution in [0, 0.1) is 5.92 Å². The van der Waals surface area contributed by atoms with Crippen LogP contribution >= 0.6 is 0 Å². The van der Waals surface area contributed by atoms with E-state index in [2.05, 4.69) is 66.7 Å². The van der Waals surface area contributed by atoms with Gasteiger partial charge in [0.2, 0.25) is 0 Å². The van der Waals surface area contributed by atoms with E-state index in [4.69, 9.17) is 0 Å². The highest BCUT2D eigenvalue weighted by atomic mass is 16.1. The van der Waals surface area contributed by atoms with Crippen LogP contribution in [-0.2, 0) is 10.2 Å². The summed E-state index contributed by atoms with van der Waals surface area (Å²) in [6.07, 6.45) is 1.72. The van der Waals surface area contributed by atoms with Gasteiger partial charge < -0.3 is 0 Å². The molecule has 2 saturated carbocycles. The molecule has 2 aliphatic carbocycles. The molecule has 1 unspecified atom stereocenters. The van der Waals surface area contributed by atoms with E-state index in [1.165, 1.54) is 21.9 Å². The molecule has 112 valence electrons. The largest absolute Gasteiger partial charge is 0.299 e. The molecule has 0 spiro atoms. The average molecular weight is 298 g/mol. The van der Waals surface area contributed by atoms with Crippen LogP contribution in [-0.4, -0.2) is 5.78 Å². The summed E-state index contributed by atoms with van der Waals surface area (Å²) in [5, 5.41) is 2.59. The molecule has 0 radical (unpaired) electrons. The van der Waals surface area contributed by atoms with Gasteiger partial charge in [0, 0.05) is 23.7 Å². The van der Waals surface area contributed by atoms with E-state index in [1.54, 1.807) is 0 Å². The molecule has 0 saturated heterocycles. The van der Waals surface area contributed by atoms with E-state index in [1.807, 2.05) is 6.07 Å². The predicted molar refractivity (Wildman–Crippen MR) is 92.5 cm³/mol. The van der Waals surface area contributed by atoms with Crippen molar-refractivity contribution < 1.29 is 4.79 Å². The average Bonchev–Trinajstić information content (AvgIpc) is 3.19. The second-order valence-electron chi connectivity index (χ2n) is 6.90. The van der Waals surface area contributed by atoms with Gasteiger partial charge in [-0.1, -0.05) is 72.8 Å². The number of hydrogen-bond donors (Lipinski definition) is 0. The summed E-state index contributed by atoms with van der Waals surface area (Å²) < 4.78 is 0.